The summed E-state index contributed by atoms with van der Waals surface area (Å²) in [6, 6.07) is 6.53. The molecule has 0 aliphatic carbocycles. The molecule has 0 amide bonds. The number of nitrogens with zero attached hydrogens (tertiary/aromatic N) is 1. The molecular formula is C16H19NO7S. The highest BCUT2D eigenvalue weighted by molar-refractivity contribution is 7.92. The minimum atomic E-state index is -3.69. The lowest BCUT2D eigenvalue weighted by atomic mass is 10.1. The van der Waals surface area contributed by atoms with Gasteiger partial charge in [-0.3, -0.25) is 4.79 Å². The molecule has 9 heteroatoms. The number of carbonyl (C=O) groups is 1. The molecule has 0 unspecified atom stereocenters. The number of carbonyl (C=O) groups excluding carboxylic acids is 1. The number of ether oxygens (including phenoxy) is 2. The van der Waals surface area contributed by atoms with E-state index in [4.69, 9.17) is 13.9 Å². The Bertz CT molecular complexity index is 869. The molecule has 0 saturated heterocycles. The van der Waals surface area contributed by atoms with Crippen molar-refractivity contribution >= 4 is 21.9 Å². The third-order valence-corrected chi connectivity index (χ3v) is 5.22. The number of hydrogen-bond donors (Lipinski definition) is 1. The Hall–Kier alpha value is -2.68. The Morgan fingerprint density at radius 1 is 1.28 bits per heavy atom. The minimum absolute atomic E-state index is 0.0212. The van der Waals surface area contributed by atoms with Gasteiger partial charge in [0.15, 0.2) is 5.76 Å². The molecule has 136 valence electrons. The van der Waals surface area contributed by atoms with Crippen LogP contribution in [0.4, 0.5) is 5.88 Å². The van der Waals surface area contributed by atoms with Crippen molar-refractivity contribution in [1.82, 2.24) is 0 Å². The number of furan rings is 1. The van der Waals surface area contributed by atoms with Gasteiger partial charge in [0.05, 0.1) is 12.9 Å². The smallest absolute Gasteiger partial charge is 0.308 e. The first kappa shape index (κ1) is 18.7. The maximum atomic E-state index is 12.1. The van der Waals surface area contributed by atoms with Gasteiger partial charge in [0.2, 0.25) is 21.5 Å². The van der Waals surface area contributed by atoms with E-state index in [0.29, 0.717) is 11.3 Å². The Morgan fingerprint density at radius 2 is 1.88 bits per heavy atom. The number of anilines is 1. The van der Waals surface area contributed by atoms with Crippen LogP contribution in [0.25, 0.3) is 11.3 Å². The van der Waals surface area contributed by atoms with E-state index < -0.39 is 21.7 Å². The highest BCUT2D eigenvalue weighted by Gasteiger charge is 2.31. The molecule has 1 aromatic carbocycles. The number of hydrogen-bond acceptors (Lipinski definition) is 7. The standard InChI is InChI=1S/C16H19NO7S/c1-5-25(20,21)17(3)16-15(23-10(2)18)13(19)14(24-16)11-6-8-12(22-4)9-7-11/h6-9,19H,5H2,1-4H3. The summed E-state index contributed by atoms with van der Waals surface area (Å²) in [6.07, 6.45) is 0. The van der Waals surface area contributed by atoms with Crippen molar-refractivity contribution in [2.45, 2.75) is 13.8 Å². The van der Waals surface area contributed by atoms with Crippen LogP contribution in [-0.2, 0) is 14.8 Å². The van der Waals surface area contributed by atoms with Crippen molar-refractivity contribution in [3.8, 4) is 28.6 Å². The topological polar surface area (TPSA) is 106 Å². The first-order valence-electron chi connectivity index (χ1n) is 7.36. The quantitative estimate of drug-likeness (QED) is 0.779. The first-order valence-corrected chi connectivity index (χ1v) is 8.97. The molecule has 25 heavy (non-hydrogen) atoms. The maximum absolute atomic E-state index is 12.1. The summed E-state index contributed by atoms with van der Waals surface area (Å²) in [7, 11) is -0.922. The van der Waals surface area contributed by atoms with Crippen molar-refractivity contribution in [3.05, 3.63) is 24.3 Å². The van der Waals surface area contributed by atoms with Gasteiger partial charge in [0.25, 0.3) is 5.88 Å². The molecule has 0 bridgehead atoms. The van der Waals surface area contributed by atoms with Gasteiger partial charge in [-0.05, 0) is 31.2 Å². The fourth-order valence-corrected chi connectivity index (χ4v) is 2.86. The van der Waals surface area contributed by atoms with Gasteiger partial charge in [-0.25, -0.2) is 12.7 Å². The third-order valence-electron chi connectivity index (χ3n) is 3.49. The van der Waals surface area contributed by atoms with Crippen molar-refractivity contribution in [3.63, 3.8) is 0 Å². The summed E-state index contributed by atoms with van der Waals surface area (Å²) < 4.78 is 40.6. The van der Waals surface area contributed by atoms with Crippen molar-refractivity contribution in [2.75, 3.05) is 24.2 Å². The minimum Gasteiger partial charge on any atom is -0.502 e. The Labute approximate surface area is 145 Å². The molecule has 2 rings (SSSR count). The number of benzene rings is 1. The van der Waals surface area contributed by atoms with E-state index in [1.807, 2.05) is 0 Å². The van der Waals surface area contributed by atoms with E-state index in [0.717, 1.165) is 11.2 Å². The predicted molar refractivity (Wildman–Crippen MR) is 91.5 cm³/mol. The average Bonchev–Trinajstić information content (AvgIpc) is 2.90. The van der Waals surface area contributed by atoms with Gasteiger partial charge in [-0.15, -0.1) is 0 Å². The monoisotopic (exact) mass is 369 g/mol. The van der Waals surface area contributed by atoms with Gasteiger partial charge in [-0.2, -0.15) is 0 Å². The average molecular weight is 369 g/mol. The van der Waals surface area contributed by atoms with E-state index >= 15 is 0 Å². The zero-order valence-corrected chi connectivity index (χ0v) is 15.1. The zero-order chi connectivity index (χ0) is 18.8. The van der Waals surface area contributed by atoms with Crippen LogP contribution in [0.3, 0.4) is 0 Å². The van der Waals surface area contributed by atoms with Gasteiger partial charge < -0.3 is 19.0 Å². The maximum Gasteiger partial charge on any atom is 0.308 e. The second-order valence-corrected chi connectivity index (χ2v) is 7.39. The SMILES string of the molecule is CCS(=O)(=O)N(C)c1oc(-c2ccc(OC)cc2)c(O)c1OC(C)=O. The number of methoxy groups -OCH3 is 1. The Morgan fingerprint density at radius 3 is 2.36 bits per heavy atom. The lowest BCUT2D eigenvalue weighted by molar-refractivity contribution is -0.132. The van der Waals surface area contributed by atoms with Crippen LogP contribution < -0.4 is 13.8 Å². The molecule has 1 aromatic heterocycles. The molecule has 2 aromatic rings. The van der Waals surface area contributed by atoms with Crippen LogP contribution in [0.1, 0.15) is 13.8 Å². The van der Waals surface area contributed by atoms with Gasteiger partial charge in [-0.1, -0.05) is 0 Å². The summed E-state index contributed by atoms with van der Waals surface area (Å²) in [5.41, 5.74) is 0.459. The lowest BCUT2D eigenvalue weighted by Crippen LogP contribution is -2.28. The molecule has 1 heterocycles. The van der Waals surface area contributed by atoms with Crippen LogP contribution in [0.5, 0.6) is 17.2 Å². The summed E-state index contributed by atoms with van der Waals surface area (Å²) in [4.78, 5) is 11.3. The van der Waals surface area contributed by atoms with Crippen LogP contribution in [0.15, 0.2) is 28.7 Å². The number of sulfonamides is 1. The zero-order valence-electron chi connectivity index (χ0n) is 14.3. The molecular weight excluding hydrogens is 350 g/mol. The van der Waals surface area contributed by atoms with E-state index in [1.54, 1.807) is 24.3 Å². The molecule has 0 aliphatic heterocycles. The van der Waals surface area contributed by atoms with Crippen LogP contribution in [-0.4, -0.2) is 39.4 Å². The molecule has 0 fully saturated rings. The molecule has 0 saturated carbocycles. The molecule has 1 N–H and O–H groups in total. The van der Waals surface area contributed by atoms with E-state index in [-0.39, 0.29) is 23.1 Å². The van der Waals surface area contributed by atoms with Crippen LogP contribution >= 0.6 is 0 Å². The number of rotatable bonds is 6. The van der Waals surface area contributed by atoms with E-state index in [9.17, 15) is 18.3 Å². The lowest BCUT2D eigenvalue weighted by Gasteiger charge is -2.16. The molecule has 0 atom stereocenters. The largest absolute Gasteiger partial charge is 0.502 e. The Kier molecular flexibility index (Phi) is 5.27. The number of esters is 1. The normalized spacial score (nSPS) is 11.2. The van der Waals surface area contributed by atoms with Gasteiger partial charge >= 0.3 is 5.97 Å². The van der Waals surface area contributed by atoms with E-state index in [2.05, 4.69) is 0 Å². The highest BCUT2D eigenvalue weighted by atomic mass is 32.2. The molecule has 8 nitrogen and oxygen atoms in total. The van der Waals surface area contributed by atoms with Crippen molar-refractivity contribution in [2.24, 2.45) is 0 Å². The Balaban J connectivity index is 2.61. The first-order chi connectivity index (χ1) is 11.7. The van der Waals surface area contributed by atoms with Crippen molar-refractivity contribution < 1.29 is 32.2 Å². The molecule has 0 spiro atoms. The summed E-state index contributed by atoms with van der Waals surface area (Å²) in [5.74, 6) is -1.43. The fraction of sp³-hybridized carbons (Fsp3) is 0.312. The van der Waals surface area contributed by atoms with Gasteiger partial charge in [0, 0.05) is 19.5 Å². The van der Waals surface area contributed by atoms with E-state index in [1.165, 1.54) is 21.1 Å². The molecule has 0 aliphatic rings. The van der Waals surface area contributed by atoms with Crippen LogP contribution in [0.2, 0.25) is 0 Å². The van der Waals surface area contributed by atoms with Crippen LogP contribution in [0, 0.1) is 0 Å². The second-order valence-electron chi connectivity index (χ2n) is 5.10. The fourth-order valence-electron chi connectivity index (χ4n) is 2.10. The summed E-state index contributed by atoms with van der Waals surface area (Å²) >= 11 is 0. The molecule has 0 radical (unpaired) electrons. The number of aromatic hydroxyl groups is 1. The van der Waals surface area contributed by atoms with Crippen molar-refractivity contribution in [1.29, 1.82) is 0 Å². The summed E-state index contributed by atoms with van der Waals surface area (Å²) in [5, 5.41) is 10.4. The third kappa shape index (κ3) is 3.71. The second kappa shape index (κ2) is 7.06. The highest BCUT2D eigenvalue weighted by Crippen LogP contribution is 2.48. The van der Waals surface area contributed by atoms with Gasteiger partial charge in [0.1, 0.15) is 5.75 Å². The summed E-state index contributed by atoms with van der Waals surface area (Å²) in [6.45, 7) is 2.60. The predicted octanol–water partition coefficient (Wildman–Crippen LogP) is 2.37.